The molecule has 1 atom stereocenters. The fourth-order valence-corrected chi connectivity index (χ4v) is 1.75. The van der Waals surface area contributed by atoms with E-state index < -0.39 is 28.5 Å². The monoisotopic (exact) mass is 373 g/mol. The van der Waals surface area contributed by atoms with Crippen LogP contribution in [0.1, 0.15) is 11.6 Å². The van der Waals surface area contributed by atoms with Crippen molar-refractivity contribution < 1.29 is 19.1 Å². The molecule has 0 aliphatic rings. The van der Waals surface area contributed by atoms with Crippen LogP contribution in [0.5, 0.6) is 0 Å². The summed E-state index contributed by atoms with van der Waals surface area (Å²) < 4.78 is 7.58. The van der Waals surface area contributed by atoms with Crippen LogP contribution >= 0.6 is 46.4 Å². The first-order valence-corrected chi connectivity index (χ1v) is 7.07. The maximum Gasteiger partial charge on any atom is 0.408 e. The van der Waals surface area contributed by atoms with Gasteiger partial charge in [-0.3, -0.25) is 0 Å². The number of methoxy groups -OCH3 is 1. The molecule has 0 aliphatic carbocycles. The van der Waals surface area contributed by atoms with Crippen molar-refractivity contribution in [3.05, 3.63) is 34.9 Å². The topological polar surface area (TPSA) is 64.6 Å². The zero-order valence-electron chi connectivity index (χ0n) is 10.7. The highest BCUT2D eigenvalue weighted by atomic mass is 35.6. The highest BCUT2D eigenvalue weighted by molar-refractivity contribution is 6.67. The molecular formula is C12H11Cl4NO4. The lowest BCUT2D eigenvalue weighted by atomic mass is 10.1. The number of rotatable bonds is 4. The molecule has 0 bridgehead atoms. The number of benzene rings is 1. The van der Waals surface area contributed by atoms with Gasteiger partial charge in [-0.2, -0.15) is 0 Å². The van der Waals surface area contributed by atoms with Gasteiger partial charge in [0, 0.05) is 5.02 Å². The van der Waals surface area contributed by atoms with Crippen LogP contribution in [0.4, 0.5) is 4.79 Å². The molecule has 0 aliphatic heterocycles. The second-order valence-electron chi connectivity index (χ2n) is 3.85. The quantitative estimate of drug-likeness (QED) is 0.645. The maximum absolute atomic E-state index is 11.7. The van der Waals surface area contributed by atoms with Gasteiger partial charge in [0.1, 0.15) is 6.61 Å². The third-order valence-electron chi connectivity index (χ3n) is 2.25. The summed E-state index contributed by atoms with van der Waals surface area (Å²) in [5, 5.41) is 2.71. The van der Waals surface area contributed by atoms with E-state index in [0.29, 0.717) is 10.6 Å². The van der Waals surface area contributed by atoms with Gasteiger partial charge in [0.25, 0.3) is 0 Å². The molecule has 116 valence electrons. The standard InChI is InChI=1S/C12H11Cl4NO4/c1-20-10(18)9(7-3-2-4-8(13)5-7)17-11(19)21-6-12(14,15)16/h2-5,9H,6H2,1H3,(H,17,19). The van der Waals surface area contributed by atoms with E-state index in [1.807, 2.05) is 0 Å². The van der Waals surface area contributed by atoms with Crippen molar-refractivity contribution in [2.45, 2.75) is 9.83 Å². The van der Waals surface area contributed by atoms with Gasteiger partial charge in [-0.05, 0) is 17.7 Å². The van der Waals surface area contributed by atoms with Crippen molar-refractivity contribution in [3.8, 4) is 0 Å². The van der Waals surface area contributed by atoms with Crippen molar-refractivity contribution in [2.75, 3.05) is 13.7 Å². The Hall–Kier alpha value is -0.880. The third kappa shape index (κ3) is 6.61. The van der Waals surface area contributed by atoms with Gasteiger partial charge < -0.3 is 14.8 Å². The normalized spacial score (nSPS) is 12.4. The molecule has 0 fully saturated rings. The van der Waals surface area contributed by atoms with Gasteiger partial charge in [0.2, 0.25) is 3.79 Å². The number of ether oxygens (including phenoxy) is 2. The SMILES string of the molecule is COC(=O)C(NC(=O)OCC(Cl)(Cl)Cl)c1cccc(Cl)c1. The first kappa shape index (κ1) is 18.2. The van der Waals surface area contributed by atoms with Crippen LogP contribution < -0.4 is 5.32 Å². The van der Waals surface area contributed by atoms with Gasteiger partial charge in [-0.1, -0.05) is 58.5 Å². The minimum Gasteiger partial charge on any atom is -0.467 e. The van der Waals surface area contributed by atoms with E-state index in [0.717, 1.165) is 0 Å². The van der Waals surface area contributed by atoms with E-state index >= 15 is 0 Å². The fraction of sp³-hybridized carbons (Fsp3) is 0.333. The minimum absolute atomic E-state index is 0.401. The summed E-state index contributed by atoms with van der Waals surface area (Å²) in [6.07, 6.45) is -0.934. The van der Waals surface area contributed by atoms with E-state index in [1.54, 1.807) is 18.2 Å². The molecule has 0 saturated carbocycles. The summed E-state index contributed by atoms with van der Waals surface area (Å²) in [4.78, 5) is 23.4. The molecule has 1 rings (SSSR count). The second kappa shape index (κ2) is 7.94. The Morgan fingerprint density at radius 2 is 2.00 bits per heavy atom. The second-order valence-corrected chi connectivity index (χ2v) is 6.80. The van der Waals surface area contributed by atoms with E-state index in [1.165, 1.54) is 13.2 Å². The number of carbonyl (C=O) groups excluding carboxylic acids is 2. The summed E-state index contributed by atoms with van der Waals surface area (Å²) in [7, 11) is 1.19. The zero-order chi connectivity index (χ0) is 16.0. The Morgan fingerprint density at radius 1 is 1.33 bits per heavy atom. The van der Waals surface area contributed by atoms with Gasteiger partial charge >= 0.3 is 12.1 Å². The molecular weight excluding hydrogens is 364 g/mol. The van der Waals surface area contributed by atoms with E-state index in [-0.39, 0.29) is 0 Å². The average Bonchev–Trinajstić information content (AvgIpc) is 2.41. The Morgan fingerprint density at radius 3 is 2.52 bits per heavy atom. The van der Waals surface area contributed by atoms with Crippen molar-refractivity contribution in [1.29, 1.82) is 0 Å². The van der Waals surface area contributed by atoms with Crippen molar-refractivity contribution in [2.24, 2.45) is 0 Å². The lowest BCUT2D eigenvalue weighted by molar-refractivity contribution is -0.143. The Bertz CT molecular complexity index is 518. The third-order valence-corrected chi connectivity index (χ3v) is 2.81. The van der Waals surface area contributed by atoms with Crippen molar-refractivity contribution in [3.63, 3.8) is 0 Å². The predicted molar refractivity (Wildman–Crippen MR) is 81.0 cm³/mol. The molecule has 0 radical (unpaired) electrons. The number of halogens is 4. The van der Waals surface area contributed by atoms with Crippen LogP contribution in [0.3, 0.4) is 0 Å². The van der Waals surface area contributed by atoms with E-state index in [4.69, 9.17) is 51.1 Å². The van der Waals surface area contributed by atoms with Crippen LogP contribution in [0.2, 0.25) is 5.02 Å². The van der Waals surface area contributed by atoms with Gasteiger partial charge in [-0.15, -0.1) is 0 Å². The van der Waals surface area contributed by atoms with Crippen LogP contribution in [-0.2, 0) is 14.3 Å². The van der Waals surface area contributed by atoms with E-state index in [9.17, 15) is 9.59 Å². The summed E-state index contributed by atoms with van der Waals surface area (Å²) >= 11 is 22.2. The molecule has 1 aromatic rings. The number of amides is 1. The smallest absolute Gasteiger partial charge is 0.408 e. The number of esters is 1. The highest BCUT2D eigenvalue weighted by Gasteiger charge is 2.27. The first-order valence-electron chi connectivity index (χ1n) is 5.56. The largest absolute Gasteiger partial charge is 0.467 e. The van der Waals surface area contributed by atoms with Crippen molar-refractivity contribution in [1.82, 2.24) is 5.32 Å². The average molecular weight is 375 g/mol. The van der Waals surface area contributed by atoms with Crippen LogP contribution in [0, 0.1) is 0 Å². The lowest BCUT2D eigenvalue weighted by Crippen LogP contribution is -2.36. The molecule has 1 N–H and O–H groups in total. The molecule has 1 aromatic carbocycles. The molecule has 21 heavy (non-hydrogen) atoms. The predicted octanol–water partition coefficient (Wildman–Crippen LogP) is 3.65. The van der Waals surface area contributed by atoms with Gasteiger partial charge in [0.15, 0.2) is 6.04 Å². The highest BCUT2D eigenvalue weighted by Crippen LogP contribution is 2.26. The van der Waals surface area contributed by atoms with Gasteiger partial charge in [-0.25, -0.2) is 9.59 Å². The lowest BCUT2D eigenvalue weighted by Gasteiger charge is -2.18. The number of hydrogen-bond donors (Lipinski definition) is 1. The molecule has 5 nitrogen and oxygen atoms in total. The fourth-order valence-electron chi connectivity index (χ4n) is 1.39. The number of alkyl halides is 3. The molecule has 1 unspecified atom stereocenters. The minimum atomic E-state index is -1.74. The number of carbonyl (C=O) groups is 2. The molecule has 9 heteroatoms. The molecule has 0 spiro atoms. The van der Waals surface area contributed by atoms with Crippen LogP contribution in [0.15, 0.2) is 24.3 Å². The molecule has 0 saturated heterocycles. The first-order chi connectivity index (χ1) is 9.73. The maximum atomic E-state index is 11.7. The Balaban J connectivity index is 2.80. The van der Waals surface area contributed by atoms with E-state index in [2.05, 4.69) is 10.1 Å². The van der Waals surface area contributed by atoms with Crippen LogP contribution in [-0.4, -0.2) is 29.6 Å². The Kier molecular flexibility index (Phi) is 6.87. The zero-order valence-corrected chi connectivity index (χ0v) is 13.8. The molecule has 0 heterocycles. The number of hydrogen-bond acceptors (Lipinski definition) is 4. The number of alkyl carbamates (subject to hydrolysis) is 1. The summed E-state index contributed by atoms with van der Waals surface area (Å²) in [5.41, 5.74) is 0.431. The van der Waals surface area contributed by atoms with Gasteiger partial charge in [0.05, 0.1) is 7.11 Å². The number of nitrogens with one attached hydrogen (secondary N) is 1. The summed E-state index contributed by atoms with van der Waals surface area (Å²) in [6, 6.07) is 5.28. The molecule has 0 aromatic heterocycles. The van der Waals surface area contributed by atoms with Crippen LogP contribution in [0.25, 0.3) is 0 Å². The van der Waals surface area contributed by atoms with Crippen molar-refractivity contribution >= 4 is 58.5 Å². The Labute approximate surface area is 141 Å². The molecule has 1 amide bonds. The summed E-state index contributed by atoms with van der Waals surface area (Å²) in [5.74, 6) is -0.692. The summed E-state index contributed by atoms with van der Waals surface area (Å²) in [6.45, 7) is -0.465.